The second kappa shape index (κ2) is 6.35. The molecule has 0 radical (unpaired) electrons. The van der Waals surface area contributed by atoms with Crippen LogP contribution in [0.15, 0.2) is 53.7 Å². The van der Waals surface area contributed by atoms with Crippen molar-refractivity contribution in [1.29, 1.82) is 0 Å². The number of fused-ring (bicyclic) bond motifs is 3. The lowest BCUT2D eigenvalue weighted by Gasteiger charge is -2.10. The van der Waals surface area contributed by atoms with Gasteiger partial charge in [-0.1, -0.05) is 26.0 Å². The van der Waals surface area contributed by atoms with Gasteiger partial charge in [0.25, 0.3) is 5.56 Å². The largest absolute Gasteiger partial charge is 0.465 e. The van der Waals surface area contributed by atoms with Gasteiger partial charge < -0.3 is 4.74 Å². The fraction of sp³-hybridized carbons (Fsp3) is 0.200. The quantitative estimate of drug-likeness (QED) is 0.524. The van der Waals surface area contributed by atoms with Crippen LogP contribution in [0.2, 0.25) is 0 Å². The highest BCUT2D eigenvalue weighted by Crippen LogP contribution is 2.18. The van der Waals surface area contributed by atoms with Gasteiger partial charge in [-0.3, -0.25) is 9.36 Å². The van der Waals surface area contributed by atoms with Crippen molar-refractivity contribution >= 4 is 22.5 Å². The maximum Gasteiger partial charge on any atom is 0.343 e. The smallest absolute Gasteiger partial charge is 0.343 e. The minimum atomic E-state index is -0.518. The lowest BCUT2D eigenvalue weighted by atomic mass is 10.0. The van der Waals surface area contributed by atoms with Gasteiger partial charge in [0.2, 0.25) is 0 Å². The van der Waals surface area contributed by atoms with Crippen molar-refractivity contribution in [3.05, 3.63) is 70.4 Å². The van der Waals surface area contributed by atoms with E-state index in [2.05, 4.69) is 23.9 Å². The van der Waals surface area contributed by atoms with E-state index in [0.717, 1.165) is 5.69 Å². The summed E-state index contributed by atoms with van der Waals surface area (Å²) >= 11 is 0. The average molecular weight is 362 g/mol. The third-order valence-corrected chi connectivity index (χ3v) is 4.64. The summed E-state index contributed by atoms with van der Waals surface area (Å²) in [6.07, 6.45) is 4.57. The number of rotatable bonds is 3. The minimum absolute atomic E-state index is 0.200. The van der Waals surface area contributed by atoms with Crippen molar-refractivity contribution in [3.63, 3.8) is 0 Å². The molecule has 136 valence electrons. The number of nitrogens with zero attached hydrogens (tertiary/aromatic N) is 4. The van der Waals surface area contributed by atoms with Crippen LogP contribution in [-0.4, -0.2) is 32.2 Å². The Bertz CT molecular complexity index is 1220. The molecule has 0 saturated heterocycles. The van der Waals surface area contributed by atoms with Crippen molar-refractivity contribution in [2.24, 2.45) is 0 Å². The molecule has 0 aliphatic rings. The van der Waals surface area contributed by atoms with E-state index in [1.54, 1.807) is 16.8 Å². The fourth-order valence-corrected chi connectivity index (χ4v) is 3.09. The Labute approximate surface area is 154 Å². The summed E-state index contributed by atoms with van der Waals surface area (Å²) < 4.78 is 7.80. The van der Waals surface area contributed by atoms with E-state index in [1.165, 1.54) is 29.6 Å². The summed E-state index contributed by atoms with van der Waals surface area (Å²) in [6.45, 7) is 4.25. The van der Waals surface area contributed by atoms with Gasteiger partial charge in [-0.2, -0.15) is 5.10 Å². The molecule has 0 N–H and O–H groups in total. The minimum Gasteiger partial charge on any atom is -0.465 e. The van der Waals surface area contributed by atoms with Crippen molar-refractivity contribution in [1.82, 2.24) is 19.2 Å². The monoisotopic (exact) mass is 362 g/mol. The molecule has 7 heteroatoms. The Balaban J connectivity index is 1.89. The maximum atomic E-state index is 13.0. The van der Waals surface area contributed by atoms with Gasteiger partial charge in [0.15, 0.2) is 5.65 Å². The van der Waals surface area contributed by atoms with E-state index in [-0.39, 0.29) is 11.1 Å². The standard InChI is InChI=1S/C20H18N4O3/c1-12(2)13-4-6-14(7-5-13)23-9-8-17-15(19(23)25)10-21-18-16(20(26)27-3)11-22-24(17)18/h4-12H,1-3H3. The van der Waals surface area contributed by atoms with Crippen LogP contribution in [-0.2, 0) is 4.74 Å². The number of hydrogen-bond donors (Lipinski definition) is 0. The van der Waals surface area contributed by atoms with E-state index >= 15 is 0 Å². The lowest BCUT2D eigenvalue weighted by molar-refractivity contribution is 0.0602. The average Bonchev–Trinajstić information content (AvgIpc) is 3.12. The molecule has 0 saturated carbocycles. The molecule has 0 fully saturated rings. The van der Waals surface area contributed by atoms with E-state index in [0.29, 0.717) is 22.5 Å². The van der Waals surface area contributed by atoms with Crippen LogP contribution in [0.1, 0.15) is 35.7 Å². The third kappa shape index (κ3) is 2.68. The number of methoxy groups -OCH3 is 1. The number of carbonyl (C=O) groups is 1. The molecule has 3 aromatic heterocycles. The highest BCUT2D eigenvalue weighted by molar-refractivity contribution is 5.96. The Hall–Kier alpha value is -3.48. The summed E-state index contributed by atoms with van der Waals surface area (Å²) in [5, 5.41) is 4.61. The van der Waals surface area contributed by atoms with Gasteiger partial charge in [0, 0.05) is 18.1 Å². The zero-order valence-electron chi connectivity index (χ0n) is 15.2. The summed E-state index contributed by atoms with van der Waals surface area (Å²) in [5.41, 5.74) is 2.98. The number of benzene rings is 1. The Kier molecular flexibility index (Phi) is 3.99. The highest BCUT2D eigenvalue weighted by atomic mass is 16.5. The summed E-state index contributed by atoms with van der Waals surface area (Å²) in [6, 6.07) is 9.69. The number of pyridine rings is 1. The molecule has 4 aromatic rings. The van der Waals surface area contributed by atoms with E-state index in [1.807, 2.05) is 24.3 Å². The van der Waals surface area contributed by atoms with Crippen molar-refractivity contribution < 1.29 is 9.53 Å². The van der Waals surface area contributed by atoms with Crippen molar-refractivity contribution in [2.75, 3.05) is 7.11 Å². The molecule has 0 spiro atoms. The van der Waals surface area contributed by atoms with Crippen LogP contribution >= 0.6 is 0 Å². The van der Waals surface area contributed by atoms with Gasteiger partial charge >= 0.3 is 5.97 Å². The molecule has 0 bridgehead atoms. The zero-order valence-corrected chi connectivity index (χ0v) is 15.2. The number of ether oxygens (including phenoxy) is 1. The summed E-state index contributed by atoms with van der Waals surface area (Å²) in [5.74, 6) is -0.0934. The molecule has 0 aliphatic carbocycles. The number of carbonyl (C=O) groups excluding carboxylic acids is 1. The van der Waals surface area contributed by atoms with Crippen LogP contribution in [0.4, 0.5) is 0 Å². The first-order chi connectivity index (χ1) is 13.0. The van der Waals surface area contributed by atoms with Crippen LogP contribution in [0.3, 0.4) is 0 Å². The first kappa shape index (κ1) is 17.0. The molecule has 0 aliphatic heterocycles. The molecule has 0 unspecified atom stereocenters. The van der Waals surface area contributed by atoms with Gasteiger partial charge in [-0.05, 0) is 29.7 Å². The lowest BCUT2D eigenvalue weighted by Crippen LogP contribution is -2.19. The topological polar surface area (TPSA) is 78.5 Å². The molecule has 0 atom stereocenters. The number of hydrogen-bond acceptors (Lipinski definition) is 5. The van der Waals surface area contributed by atoms with Crippen LogP contribution in [0.25, 0.3) is 22.2 Å². The molecular weight excluding hydrogens is 344 g/mol. The Morgan fingerprint density at radius 2 is 1.85 bits per heavy atom. The normalized spacial score (nSPS) is 11.4. The maximum absolute atomic E-state index is 13.0. The van der Waals surface area contributed by atoms with Gasteiger partial charge in [0.05, 0.1) is 24.2 Å². The number of aromatic nitrogens is 4. The summed E-state index contributed by atoms with van der Waals surface area (Å²) in [4.78, 5) is 29.1. The zero-order chi connectivity index (χ0) is 19.1. The van der Waals surface area contributed by atoms with Gasteiger partial charge in [-0.25, -0.2) is 14.3 Å². The van der Waals surface area contributed by atoms with Crippen molar-refractivity contribution in [2.45, 2.75) is 19.8 Å². The predicted molar refractivity (Wildman–Crippen MR) is 102 cm³/mol. The molecular formula is C20H18N4O3. The van der Waals surface area contributed by atoms with Gasteiger partial charge in [0.1, 0.15) is 5.56 Å². The van der Waals surface area contributed by atoms with E-state index in [9.17, 15) is 9.59 Å². The third-order valence-electron chi connectivity index (χ3n) is 4.64. The van der Waals surface area contributed by atoms with Gasteiger partial charge in [-0.15, -0.1) is 0 Å². The Morgan fingerprint density at radius 3 is 2.52 bits per heavy atom. The second-order valence-corrected chi connectivity index (χ2v) is 6.58. The van der Waals surface area contributed by atoms with Crippen molar-refractivity contribution in [3.8, 4) is 5.69 Å². The molecule has 27 heavy (non-hydrogen) atoms. The van der Waals surface area contributed by atoms with E-state index in [4.69, 9.17) is 4.74 Å². The Morgan fingerprint density at radius 1 is 1.11 bits per heavy atom. The number of esters is 1. The highest BCUT2D eigenvalue weighted by Gasteiger charge is 2.17. The first-order valence-corrected chi connectivity index (χ1v) is 8.58. The second-order valence-electron chi connectivity index (χ2n) is 6.58. The summed E-state index contributed by atoms with van der Waals surface area (Å²) in [7, 11) is 1.30. The van der Waals surface area contributed by atoms with E-state index < -0.39 is 5.97 Å². The molecule has 1 aromatic carbocycles. The SMILES string of the molecule is COC(=O)c1cnn2c1ncc1c(=O)n(-c3ccc(C(C)C)cc3)ccc12. The molecule has 7 nitrogen and oxygen atoms in total. The fourth-order valence-electron chi connectivity index (χ4n) is 3.09. The predicted octanol–water partition coefficient (Wildman–Crippen LogP) is 2.94. The molecule has 3 heterocycles. The van der Waals surface area contributed by atoms with Crippen LogP contribution in [0.5, 0.6) is 0 Å². The molecule has 0 amide bonds. The van der Waals surface area contributed by atoms with Crippen LogP contribution in [0, 0.1) is 0 Å². The first-order valence-electron chi connectivity index (χ1n) is 8.58. The van der Waals surface area contributed by atoms with Crippen LogP contribution < -0.4 is 5.56 Å². The molecule has 4 rings (SSSR count).